The van der Waals surface area contributed by atoms with Crippen molar-refractivity contribution in [3.05, 3.63) is 28.8 Å². The molecule has 1 unspecified atom stereocenters. The molecule has 0 aliphatic carbocycles. The Hall–Kier alpha value is -0.250. The molecule has 15 heavy (non-hydrogen) atoms. The van der Waals surface area contributed by atoms with E-state index in [1.165, 1.54) is 0 Å². The minimum atomic E-state index is -1.12. The molecule has 0 aromatic heterocycles. The Kier molecular flexibility index (Phi) is 4.90. The summed E-state index contributed by atoms with van der Waals surface area (Å²) in [6, 6.07) is 5.25. The van der Waals surface area contributed by atoms with Crippen molar-refractivity contribution in [1.82, 2.24) is 0 Å². The summed E-state index contributed by atoms with van der Waals surface area (Å²) >= 11 is 7.71. The smallest absolute Gasteiger partial charge is 0.137 e. The lowest BCUT2D eigenvalue weighted by atomic mass is 10.1. The van der Waals surface area contributed by atoms with Crippen molar-refractivity contribution >= 4 is 23.4 Å². The zero-order valence-electron chi connectivity index (χ0n) is 8.84. The van der Waals surface area contributed by atoms with Gasteiger partial charge < -0.3 is 5.73 Å². The van der Waals surface area contributed by atoms with Gasteiger partial charge in [-0.2, -0.15) is 0 Å². The predicted molar refractivity (Wildman–Crippen MR) is 65.3 cm³/mol. The molecule has 2 N–H and O–H groups in total. The number of hydrogen-bond acceptors (Lipinski definition) is 2. The molecule has 1 rings (SSSR count). The average molecular weight is 248 g/mol. The number of alkyl halides is 1. The number of halogens is 2. The number of rotatable bonds is 4. The average Bonchev–Trinajstić information content (AvgIpc) is 2.19. The van der Waals surface area contributed by atoms with Gasteiger partial charge in [0.15, 0.2) is 0 Å². The van der Waals surface area contributed by atoms with Gasteiger partial charge in [-0.05, 0) is 17.7 Å². The maximum absolute atomic E-state index is 13.2. The van der Waals surface area contributed by atoms with Crippen molar-refractivity contribution in [2.24, 2.45) is 5.73 Å². The molecule has 0 fully saturated rings. The van der Waals surface area contributed by atoms with E-state index in [1.54, 1.807) is 23.9 Å². The van der Waals surface area contributed by atoms with E-state index in [0.29, 0.717) is 15.8 Å². The van der Waals surface area contributed by atoms with Gasteiger partial charge in [-0.1, -0.05) is 31.5 Å². The van der Waals surface area contributed by atoms with Gasteiger partial charge in [0.2, 0.25) is 0 Å². The van der Waals surface area contributed by atoms with Gasteiger partial charge >= 0.3 is 0 Å². The number of hydrogen-bond donors (Lipinski definition) is 1. The number of nitrogens with two attached hydrogens (primary N) is 1. The van der Waals surface area contributed by atoms with Crippen molar-refractivity contribution in [3.8, 4) is 0 Å². The Labute approximate surface area is 99.2 Å². The molecule has 1 aromatic rings. The molecule has 0 radical (unpaired) electrons. The summed E-state index contributed by atoms with van der Waals surface area (Å²) in [5, 5.41) is 1.06. The molecule has 0 aliphatic heterocycles. The summed E-state index contributed by atoms with van der Waals surface area (Å²) in [6.07, 6.45) is -1.12. The van der Waals surface area contributed by atoms with Crippen LogP contribution in [0.15, 0.2) is 23.1 Å². The normalized spacial score (nSPS) is 13.2. The highest BCUT2D eigenvalue weighted by Gasteiger charge is 2.10. The topological polar surface area (TPSA) is 26.0 Å². The van der Waals surface area contributed by atoms with Crippen LogP contribution in [0.25, 0.3) is 0 Å². The van der Waals surface area contributed by atoms with Crippen LogP contribution in [0.1, 0.15) is 25.6 Å². The third-order valence-electron chi connectivity index (χ3n) is 1.89. The second-order valence-electron chi connectivity index (χ2n) is 3.56. The summed E-state index contributed by atoms with van der Waals surface area (Å²) in [7, 11) is 0. The monoisotopic (exact) mass is 247 g/mol. The van der Waals surface area contributed by atoms with E-state index in [1.807, 2.05) is 6.07 Å². The first kappa shape index (κ1) is 12.8. The van der Waals surface area contributed by atoms with Crippen molar-refractivity contribution in [1.29, 1.82) is 0 Å². The minimum absolute atomic E-state index is 0.00695. The number of thioether (sulfide) groups is 1. The number of benzene rings is 1. The van der Waals surface area contributed by atoms with E-state index in [0.717, 1.165) is 4.90 Å². The van der Waals surface area contributed by atoms with Gasteiger partial charge in [-0.3, -0.25) is 0 Å². The highest BCUT2D eigenvalue weighted by atomic mass is 35.5. The fourth-order valence-corrected chi connectivity index (χ4v) is 2.35. The lowest BCUT2D eigenvalue weighted by Crippen LogP contribution is -2.07. The van der Waals surface area contributed by atoms with Crippen LogP contribution in [0, 0.1) is 0 Å². The van der Waals surface area contributed by atoms with Crippen LogP contribution in [0.5, 0.6) is 0 Å². The van der Waals surface area contributed by atoms with E-state index < -0.39 is 6.17 Å². The second-order valence-corrected chi connectivity index (χ2v) is 5.59. The molecule has 0 aliphatic rings. The Morgan fingerprint density at radius 1 is 1.47 bits per heavy atom. The zero-order chi connectivity index (χ0) is 11.4. The van der Waals surface area contributed by atoms with Crippen molar-refractivity contribution in [2.45, 2.75) is 30.2 Å². The van der Waals surface area contributed by atoms with Crippen LogP contribution in [0.2, 0.25) is 5.02 Å². The maximum atomic E-state index is 13.2. The van der Waals surface area contributed by atoms with Crippen molar-refractivity contribution in [3.63, 3.8) is 0 Å². The molecule has 0 amide bonds. The SMILES string of the molecule is CC(C)Sc1ccc(C(F)CN)cc1Cl. The van der Waals surface area contributed by atoms with E-state index in [9.17, 15) is 4.39 Å². The van der Waals surface area contributed by atoms with Crippen LogP contribution in [-0.2, 0) is 0 Å². The quantitative estimate of drug-likeness (QED) is 0.819. The van der Waals surface area contributed by atoms with Crippen LogP contribution < -0.4 is 5.73 Å². The molecule has 0 spiro atoms. The first-order valence-corrected chi connectivity index (χ1v) is 6.10. The molecule has 0 saturated heterocycles. The molecule has 0 saturated carbocycles. The zero-order valence-corrected chi connectivity index (χ0v) is 10.4. The minimum Gasteiger partial charge on any atom is -0.327 e. The summed E-state index contributed by atoms with van der Waals surface area (Å²) in [5.41, 5.74) is 5.80. The van der Waals surface area contributed by atoms with Gasteiger partial charge in [-0.25, -0.2) is 4.39 Å². The summed E-state index contributed by atoms with van der Waals surface area (Å²) in [4.78, 5) is 0.986. The van der Waals surface area contributed by atoms with E-state index in [4.69, 9.17) is 17.3 Å². The first-order chi connectivity index (χ1) is 7.04. The Morgan fingerprint density at radius 2 is 2.13 bits per heavy atom. The highest BCUT2D eigenvalue weighted by Crippen LogP contribution is 2.32. The van der Waals surface area contributed by atoms with Gasteiger partial charge in [0.05, 0.1) is 5.02 Å². The first-order valence-electron chi connectivity index (χ1n) is 4.84. The molecule has 0 heterocycles. The molecular weight excluding hydrogens is 233 g/mol. The Morgan fingerprint density at radius 3 is 2.60 bits per heavy atom. The Bertz CT molecular complexity index is 330. The van der Waals surface area contributed by atoms with Crippen LogP contribution in [-0.4, -0.2) is 11.8 Å². The molecule has 4 heteroatoms. The van der Waals surface area contributed by atoms with Crippen molar-refractivity contribution in [2.75, 3.05) is 6.54 Å². The second kappa shape index (κ2) is 5.73. The maximum Gasteiger partial charge on any atom is 0.137 e. The molecule has 1 atom stereocenters. The molecule has 1 nitrogen and oxygen atoms in total. The highest BCUT2D eigenvalue weighted by molar-refractivity contribution is 8.00. The summed E-state index contributed by atoms with van der Waals surface area (Å²) in [6.45, 7) is 4.17. The third kappa shape index (κ3) is 3.67. The molecule has 0 bridgehead atoms. The summed E-state index contributed by atoms with van der Waals surface area (Å²) in [5.74, 6) is 0. The van der Waals surface area contributed by atoms with Gasteiger partial charge in [0.25, 0.3) is 0 Å². The Balaban J connectivity index is 2.88. The molecule has 84 valence electrons. The lowest BCUT2D eigenvalue weighted by Gasteiger charge is -2.10. The van der Waals surface area contributed by atoms with Crippen LogP contribution in [0.4, 0.5) is 4.39 Å². The standard InChI is InChI=1S/C11H15ClFNS/c1-7(2)15-11-4-3-8(5-9(11)12)10(13)6-14/h3-5,7,10H,6,14H2,1-2H3. The van der Waals surface area contributed by atoms with Crippen LogP contribution >= 0.6 is 23.4 Å². The van der Waals surface area contributed by atoms with Gasteiger partial charge in [0.1, 0.15) is 6.17 Å². The van der Waals surface area contributed by atoms with E-state index in [-0.39, 0.29) is 6.54 Å². The predicted octanol–water partition coefficient (Wildman–Crippen LogP) is 3.81. The van der Waals surface area contributed by atoms with Gasteiger partial charge in [-0.15, -0.1) is 11.8 Å². The fourth-order valence-electron chi connectivity index (χ4n) is 1.20. The third-order valence-corrected chi connectivity index (χ3v) is 3.39. The largest absolute Gasteiger partial charge is 0.327 e. The lowest BCUT2D eigenvalue weighted by molar-refractivity contribution is 0.353. The van der Waals surface area contributed by atoms with Crippen LogP contribution in [0.3, 0.4) is 0 Å². The summed E-state index contributed by atoms with van der Waals surface area (Å²) < 4.78 is 13.2. The van der Waals surface area contributed by atoms with Gasteiger partial charge in [0, 0.05) is 16.7 Å². The van der Waals surface area contributed by atoms with E-state index in [2.05, 4.69) is 13.8 Å². The van der Waals surface area contributed by atoms with E-state index >= 15 is 0 Å². The molecular formula is C11H15ClFNS. The fraction of sp³-hybridized carbons (Fsp3) is 0.455. The molecule has 1 aromatic carbocycles. The van der Waals surface area contributed by atoms with Crippen molar-refractivity contribution < 1.29 is 4.39 Å².